The normalized spacial score (nSPS) is 12.1. The highest BCUT2D eigenvalue weighted by molar-refractivity contribution is 7.92. The van der Waals surface area contributed by atoms with E-state index in [2.05, 4.69) is 5.32 Å². The number of nitrogens with one attached hydrogen (secondary N) is 1. The molecule has 0 bridgehead atoms. The maximum absolute atomic E-state index is 13.2. The predicted molar refractivity (Wildman–Crippen MR) is 143 cm³/mol. The van der Waals surface area contributed by atoms with Crippen molar-refractivity contribution in [1.29, 1.82) is 0 Å². The van der Waals surface area contributed by atoms with Crippen LogP contribution in [-0.2, 0) is 26.0 Å². The highest BCUT2D eigenvalue weighted by Crippen LogP contribution is 2.31. The van der Waals surface area contributed by atoms with Crippen LogP contribution in [0.1, 0.15) is 38.7 Å². The number of hydrogen-bond donors (Lipinski definition) is 1. The molecule has 0 unspecified atom stereocenters. The van der Waals surface area contributed by atoms with Gasteiger partial charge < -0.3 is 10.2 Å². The summed E-state index contributed by atoms with van der Waals surface area (Å²) in [5, 5.41) is 3.45. The van der Waals surface area contributed by atoms with Crippen LogP contribution in [0.15, 0.2) is 48.5 Å². The van der Waals surface area contributed by atoms with Crippen molar-refractivity contribution >= 4 is 50.7 Å². The second-order valence-electron chi connectivity index (χ2n) is 8.32. The Bertz CT molecular complexity index is 1100. The third-order valence-corrected chi connectivity index (χ3v) is 7.26. The summed E-state index contributed by atoms with van der Waals surface area (Å²) < 4.78 is 26.0. The third kappa shape index (κ3) is 9.02. The van der Waals surface area contributed by atoms with Crippen LogP contribution in [0.4, 0.5) is 5.69 Å². The second-order valence-corrected chi connectivity index (χ2v) is 11.1. The molecule has 192 valence electrons. The third-order valence-electron chi connectivity index (χ3n) is 5.53. The fourth-order valence-corrected chi connectivity index (χ4v) is 5.03. The van der Waals surface area contributed by atoms with Gasteiger partial charge in [-0.15, -0.1) is 0 Å². The summed E-state index contributed by atoms with van der Waals surface area (Å²) in [5.74, 6) is -0.428. The van der Waals surface area contributed by atoms with Crippen LogP contribution < -0.4 is 9.62 Å². The molecule has 0 aliphatic rings. The smallest absolute Gasteiger partial charge is 0.242 e. The second kappa shape index (κ2) is 13.7. The number of carbonyl (C=O) groups excluding carboxylic acids is 2. The average Bonchev–Trinajstić information content (AvgIpc) is 2.81. The number of rotatable bonds is 13. The SMILES string of the molecule is CCCNC(=O)[C@H](C)N(CCc1ccccc1)C(=O)CCCN(c1cc(Cl)ccc1Cl)S(C)(=O)=O. The van der Waals surface area contributed by atoms with Crippen molar-refractivity contribution in [1.82, 2.24) is 10.2 Å². The summed E-state index contributed by atoms with van der Waals surface area (Å²) in [6, 6.07) is 13.7. The summed E-state index contributed by atoms with van der Waals surface area (Å²) in [6.45, 7) is 4.63. The lowest BCUT2D eigenvalue weighted by atomic mass is 10.1. The lowest BCUT2D eigenvalue weighted by Gasteiger charge is -2.29. The molecule has 0 saturated carbocycles. The number of amides is 2. The topological polar surface area (TPSA) is 86.8 Å². The maximum Gasteiger partial charge on any atom is 0.242 e. The van der Waals surface area contributed by atoms with Crippen LogP contribution in [0.5, 0.6) is 0 Å². The largest absolute Gasteiger partial charge is 0.354 e. The molecule has 0 radical (unpaired) electrons. The summed E-state index contributed by atoms with van der Waals surface area (Å²) >= 11 is 12.3. The molecule has 0 spiro atoms. The van der Waals surface area contributed by atoms with Gasteiger partial charge in [0.05, 0.1) is 17.0 Å². The Morgan fingerprint density at radius 2 is 1.74 bits per heavy atom. The van der Waals surface area contributed by atoms with E-state index < -0.39 is 16.1 Å². The van der Waals surface area contributed by atoms with E-state index in [0.717, 1.165) is 22.5 Å². The maximum atomic E-state index is 13.2. The molecule has 0 aliphatic carbocycles. The highest BCUT2D eigenvalue weighted by Gasteiger charge is 2.26. The van der Waals surface area contributed by atoms with Crippen LogP contribution in [0.3, 0.4) is 0 Å². The first-order valence-corrected chi connectivity index (χ1v) is 14.2. The molecule has 2 amide bonds. The molecule has 0 heterocycles. The van der Waals surface area contributed by atoms with Crippen LogP contribution in [-0.4, -0.2) is 57.1 Å². The number of carbonyl (C=O) groups is 2. The molecule has 0 fully saturated rings. The lowest BCUT2D eigenvalue weighted by molar-refractivity contribution is -0.139. The Morgan fingerprint density at radius 3 is 2.37 bits per heavy atom. The molecule has 0 aliphatic heterocycles. The van der Waals surface area contributed by atoms with E-state index in [9.17, 15) is 18.0 Å². The van der Waals surface area contributed by atoms with Crippen molar-refractivity contribution < 1.29 is 18.0 Å². The van der Waals surface area contributed by atoms with Crippen molar-refractivity contribution in [3.8, 4) is 0 Å². The molecule has 10 heteroatoms. The van der Waals surface area contributed by atoms with Gasteiger partial charge in [-0.3, -0.25) is 13.9 Å². The predicted octanol–water partition coefficient (Wildman–Crippen LogP) is 4.53. The Balaban J connectivity index is 2.13. The Hall–Kier alpha value is -2.29. The first-order valence-electron chi connectivity index (χ1n) is 11.6. The molecule has 0 saturated heterocycles. The Kier molecular flexibility index (Phi) is 11.3. The van der Waals surface area contributed by atoms with Gasteiger partial charge in [-0.1, -0.05) is 60.5 Å². The number of sulfonamides is 1. The van der Waals surface area contributed by atoms with Gasteiger partial charge in [-0.05, 0) is 49.9 Å². The molecule has 2 rings (SSSR count). The van der Waals surface area contributed by atoms with Gasteiger partial charge in [0.25, 0.3) is 0 Å². The van der Waals surface area contributed by atoms with E-state index in [-0.39, 0.29) is 41.9 Å². The Morgan fingerprint density at radius 1 is 1.06 bits per heavy atom. The Labute approximate surface area is 218 Å². The summed E-state index contributed by atoms with van der Waals surface area (Å²) in [7, 11) is -3.66. The quantitative estimate of drug-likeness (QED) is 0.403. The summed E-state index contributed by atoms with van der Waals surface area (Å²) in [4.78, 5) is 27.4. The van der Waals surface area contributed by atoms with Crippen molar-refractivity contribution in [3.63, 3.8) is 0 Å². The lowest BCUT2D eigenvalue weighted by Crippen LogP contribution is -2.49. The minimum absolute atomic E-state index is 0.0492. The molecule has 35 heavy (non-hydrogen) atoms. The van der Waals surface area contributed by atoms with E-state index in [1.165, 1.54) is 12.1 Å². The fourth-order valence-electron chi connectivity index (χ4n) is 3.63. The zero-order chi connectivity index (χ0) is 26.0. The zero-order valence-electron chi connectivity index (χ0n) is 20.3. The van der Waals surface area contributed by atoms with E-state index in [1.54, 1.807) is 17.9 Å². The first kappa shape index (κ1) is 28.9. The minimum atomic E-state index is -3.66. The summed E-state index contributed by atoms with van der Waals surface area (Å²) in [5.41, 5.74) is 1.33. The average molecular weight is 543 g/mol. The van der Waals surface area contributed by atoms with Gasteiger partial charge >= 0.3 is 0 Å². The van der Waals surface area contributed by atoms with E-state index in [4.69, 9.17) is 23.2 Å². The fraction of sp³-hybridized carbons (Fsp3) is 0.440. The van der Waals surface area contributed by atoms with E-state index in [0.29, 0.717) is 24.5 Å². The first-order chi connectivity index (χ1) is 16.5. The van der Waals surface area contributed by atoms with Crippen LogP contribution in [0.2, 0.25) is 10.0 Å². The molecule has 2 aromatic carbocycles. The minimum Gasteiger partial charge on any atom is -0.354 e. The van der Waals surface area contributed by atoms with Gasteiger partial charge in [-0.25, -0.2) is 8.42 Å². The number of nitrogens with zero attached hydrogens (tertiary/aromatic N) is 2. The highest BCUT2D eigenvalue weighted by atomic mass is 35.5. The number of hydrogen-bond acceptors (Lipinski definition) is 4. The molecule has 0 aromatic heterocycles. The zero-order valence-corrected chi connectivity index (χ0v) is 22.7. The van der Waals surface area contributed by atoms with Crippen LogP contribution >= 0.6 is 23.2 Å². The van der Waals surface area contributed by atoms with Crippen molar-refractivity contribution in [2.45, 2.75) is 45.6 Å². The monoisotopic (exact) mass is 541 g/mol. The molecular weight excluding hydrogens is 509 g/mol. The summed E-state index contributed by atoms with van der Waals surface area (Å²) in [6.07, 6.45) is 2.80. The molecule has 1 atom stereocenters. The molecule has 7 nitrogen and oxygen atoms in total. The number of halogens is 2. The van der Waals surface area contributed by atoms with Crippen molar-refractivity contribution in [2.24, 2.45) is 0 Å². The van der Waals surface area contributed by atoms with E-state index >= 15 is 0 Å². The molecular formula is C25H33Cl2N3O4S. The van der Waals surface area contributed by atoms with Gasteiger partial charge in [-0.2, -0.15) is 0 Å². The van der Waals surface area contributed by atoms with Crippen molar-refractivity contribution in [3.05, 3.63) is 64.1 Å². The van der Waals surface area contributed by atoms with Gasteiger partial charge in [0.15, 0.2) is 0 Å². The van der Waals surface area contributed by atoms with E-state index in [1.807, 2.05) is 37.3 Å². The number of anilines is 1. The standard InChI is InChI=1S/C25H33Cl2N3O4S/c1-4-15-28-25(32)19(2)29(17-14-20-9-6-5-7-10-20)24(31)11-8-16-30(35(3,33)34)23-18-21(26)12-13-22(23)27/h5-7,9-10,12-13,18-19H,4,8,11,14-17H2,1-3H3,(H,28,32)/t19-/m0/s1. The van der Waals surface area contributed by atoms with Gasteiger partial charge in [0.2, 0.25) is 21.8 Å². The van der Waals surface area contributed by atoms with Crippen LogP contribution in [0, 0.1) is 0 Å². The molecule has 2 aromatic rings. The molecule has 1 N–H and O–H groups in total. The van der Waals surface area contributed by atoms with Gasteiger partial charge in [0.1, 0.15) is 6.04 Å². The van der Waals surface area contributed by atoms with Gasteiger partial charge in [0, 0.05) is 31.1 Å². The number of benzene rings is 2. The van der Waals surface area contributed by atoms with Crippen LogP contribution in [0.25, 0.3) is 0 Å². The van der Waals surface area contributed by atoms with Crippen molar-refractivity contribution in [2.75, 3.05) is 30.2 Å².